The Labute approximate surface area is 216 Å². The van der Waals surface area contributed by atoms with Crippen LogP contribution in [0.5, 0.6) is 11.5 Å². The van der Waals surface area contributed by atoms with Crippen LogP contribution < -0.4 is 20.1 Å². The highest BCUT2D eigenvalue weighted by atomic mass is 19.4. The molecule has 198 valence electrons. The molecule has 2 N–H and O–H groups in total. The van der Waals surface area contributed by atoms with Gasteiger partial charge in [0.05, 0.1) is 25.9 Å². The maximum absolute atomic E-state index is 14.0. The minimum absolute atomic E-state index is 0.104. The van der Waals surface area contributed by atoms with Crippen molar-refractivity contribution in [3.8, 4) is 17.2 Å². The second kappa shape index (κ2) is 10.1. The van der Waals surface area contributed by atoms with Gasteiger partial charge >= 0.3 is 6.18 Å². The number of nitrogens with zero attached hydrogens (tertiary/aromatic N) is 4. The lowest BCUT2D eigenvalue weighted by Gasteiger charge is -2.33. The first-order valence-electron chi connectivity index (χ1n) is 11.8. The number of methoxy groups -OCH3 is 2. The SMILES string of the molecule is COc1ccc(C2CC(C(F)(F)F)n3nc(C(=O)NCc4ccc(-n5cccn5)cc4)cc3N2)cc1OC. The minimum Gasteiger partial charge on any atom is -0.493 e. The van der Waals surface area contributed by atoms with E-state index in [4.69, 9.17) is 9.47 Å². The Bertz CT molecular complexity index is 1420. The molecule has 5 rings (SSSR count). The molecule has 0 bridgehead atoms. The first-order chi connectivity index (χ1) is 18.3. The van der Waals surface area contributed by atoms with E-state index in [1.807, 2.05) is 36.5 Å². The fourth-order valence-electron chi connectivity index (χ4n) is 4.43. The molecule has 3 heterocycles. The molecule has 0 saturated heterocycles. The number of carbonyl (C=O) groups is 1. The molecule has 4 aromatic rings. The number of anilines is 1. The third kappa shape index (κ3) is 5.01. The van der Waals surface area contributed by atoms with Gasteiger partial charge < -0.3 is 20.1 Å². The van der Waals surface area contributed by atoms with Crippen LogP contribution in [0.2, 0.25) is 0 Å². The lowest BCUT2D eigenvalue weighted by Crippen LogP contribution is -2.35. The fourth-order valence-corrected chi connectivity index (χ4v) is 4.43. The largest absolute Gasteiger partial charge is 0.493 e. The number of nitrogens with one attached hydrogen (secondary N) is 2. The van der Waals surface area contributed by atoms with E-state index in [1.165, 1.54) is 20.3 Å². The van der Waals surface area contributed by atoms with Crippen molar-refractivity contribution in [2.45, 2.75) is 31.2 Å². The van der Waals surface area contributed by atoms with Crippen molar-refractivity contribution in [2.24, 2.45) is 0 Å². The molecular formula is C26H25F3N6O3. The number of fused-ring (bicyclic) bond motifs is 1. The number of benzene rings is 2. The summed E-state index contributed by atoms with van der Waals surface area (Å²) < 4.78 is 55.2. The van der Waals surface area contributed by atoms with Gasteiger partial charge in [0.15, 0.2) is 23.2 Å². The maximum Gasteiger partial charge on any atom is 0.410 e. The Balaban J connectivity index is 1.33. The summed E-state index contributed by atoms with van der Waals surface area (Å²) in [5, 5.41) is 14.0. The summed E-state index contributed by atoms with van der Waals surface area (Å²) in [5.74, 6) is 0.409. The van der Waals surface area contributed by atoms with Gasteiger partial charge in [0.1, 0.15) is 5.82 Å². The predicted molar refractivity (Wildman–Crippen MR) is 133 cm³/mol. The van der Waals surface area contributed by atoms with Crippen LogP contribution in [-0.4, -0.2) is 45.9 Å². The van der Waals surface area contributed by atoms with E-state index in [0.29, 0.717) is 17.1 Å². The highest BCUT2D eigenvalue weighted by Gasteiger charge is 2.47. The van der Waals surface area contributed by atoms with E-state index in [0.717, 1.165) is 15.9 Å². The van der Waals surface area contributed by atoms with Gasteiger partial charge in [0.2, 0.25) is 0 Å². The zero-order chi connectivity index (χ0) is 26.9. The number of aromatic nitrogens is 4. The standard InChI is InChI=1S/C26H25F3N6O3/c1-37-21-9-6-17(12-22(21)38-2)19-13-23(26(27,28)29)35-24(32-19)14-20(33-35)25(36)30-15-16-4-7-18(8-5-16)34-11-3-10-31-34/h3-12,14,19,23,32H,13,15H2,1-2H3,(H,30,36). The van der Waals surface area contributed by atoms with Crippen molar-refractivity contribution < 1.29 is 27.4 Å². The monoisotopic (exact) mass is 526 g/mol. The number of alkyl halides is 3. The number of hydrogen-bond acceptors (Lipinski definition) is 6. The van der Waals surface area contributed by atoms with Gasteiger partial charge in [-0.25, -0.2) is 9.36 Å². The van der Waals surface area contributed by atoms with Crippen molar-refractivity contribution in [2.75, 3.05) is 19.5 Å². The van der Waals surface area contributed by atoms with Gasteiger partial charge in [-0.3, -0.25) is 4.79 Å². The Morgan fingerprint density at radius 1 is 1.11 bits per heavy atom. The Hall–Kier alpha value is -4.48. The summed E-state index contributed by atoms with van der Waals surface area (Å²) >= 11 is 0. The molecule has 1 aliphatic rings. The molecule has 0 fully saturated rings. The number of halogens is 3. The van der Waals surface area contributed by atoms with Gasteiger partial charge in [-0.2, -0.15) is 23.4 Å². The van der Waals surface area contributed by atoms with Crippen LogP contribution in [-0.2, 0) is 6.54 Å². The molecule has 0 aliphatic carbocycles. The van der Waals surface area contributed by atoms with Crippen LogP contribution in [0.3, 0.4) is 0 Å². The predicted octanol–water partition coefficient (Wildman–Crippen LogP) is 4.68. The van der Waals surface area contributed by atoms with E-state index in [1.54, 1.807) is 29.1 Å². The first kappa shape index (κ1) is 25.2. The van der Waals surface area contributed by atoms with E-state index in [-0.39, 0.29) is 24.5 Å². The van der Waals surface area contributed by atoms with Crippen molar-refractivity contribution in [3.05, 3.63) is 83.8 Å². The van der Waals surface area contributed by atoms with E-state index < -0.39 is 24.2 Å². The molecule has 0 spiro atoms. The number of carbonyl (C=O) groups excluding carboxylic acids is 1. The second-order valence-corrected chi connectivity index (χ2v) is 8.76. The molecular weight excluding hydrogens is 501 g/mol. The van der Waals surface area contributed by atoms with Crippen molar-refractivity contribution in [1.82, 2.24) is 24.9 Å². The molecule has 1 aliphatic heterocycles. The van der Waals surface area contributed by atoms with Gasteiger partial charge in [-0.15, -0.1) is 0 Å². The summed E-state index contributed by atoms with van der Waals surface area (Å²) in [6.07, 6.45) is -1.39. The maximum atomic E-state index is 14.0. The van der Waals surface area contributed by atoms with Gasteiger partial charge in [0.25, 0.3) is 5.91 Å². The summed E-state index contributed by atoms with van der Waals surface area (Å²) in [7, 11) is 2.94. The third-order valence-corrected chi connectivity index (χ3v) is 6.39. The van der Waals surface area contributed by atoms with Crippen LogP contribution in [0.1, 0.15) is 40.1 Å². The quantitative estimate of drug-likeness (QED) is 0.363. The van der Waals surface area contributed by atoms with Crippen molar-refractivity contribution >= 4 is 11.7 Å². The van der Waals surface area contributed by atoms with Crippen LogP contribution >= 0.6 is 0 Å². The highest BCUT2D eigenvalue weighted by Crippen LogP contribution is 2.44. The molecule has 12 heteroatoms. The lowest BCUT2D eigenvalue weighted by atomic mass is 9.96. The van der Waals surface area contributed by atoms with E-state index in [2.05, 4.69) is 20.8 Å². The average molecular weight is 527 g/mol. The molecule has 9 nitrogen and oxygen atoms in total. The zero-order valence-electron chi connectivity index (χ0n) is 20.6. The molecule has 1 amide bonds. The summed E-state index contributed by atoms with van der Waals surface area (Å²) in [4.78, 5) is 12.8. The number of amides is 1. The summed E-state index contributed by atoms with van der Waals surface area (Å²) in [5.41, 5.74) is 2.16. The molecule has 2 aromatic carbocycles. The van der Waals surface area contributed by atoms with Crippen molar-refractivity contribution in [3.63, 3.8) is 0 Å². The van der Waals surface area contributed by atoms with Crippen LogP contribution in [0.4, 0.5) is 19.0 Å². The summed E-state index contributed by atoms with van der Waals surface area (Å²) in [6.45, 7) is 0.185. The highest BCUT2D eigenvalue weighted by molar-refractivity contribution is 5.93. The second-order valence-electron chi connectivity index (χ2n) is 8.76. The third-order valence-electron chi connectivity index (χ3n) is 6.39. The van der Waals surface area contributed by atoms with Gasteiger partial charge in [-0.1, -0.05) is 18.2 Å². The lowest BCUT2D eigenvalue weighted by molar-refractivity contribution is -0.173. The Morgan fingerprint density at radius 2 is 1.87 bits per heavy atom. The van der Waals surface area contributed by atoms with Crippen molar-refractivity contribution in [1.29, 1.82) is 0 Å². The number of rotatable bonds is 7. The minimum atomic E-state index is -4.57. The number of hydrogen-bond donors (Lipinski definition) is 2. The number of ether oxygens (including phenoxy) is 2. The normalized spacial score (nSPS) is 16.9. The van der Waals surface area contributed by atoms with E-state index >= 15 is 0 Å². The molecule has 2 atom stereocenters. The van der Waals surface area contributed by atoms with Gasteiger partial charge in [-0.05, 0) is 41.5 Å². The van der Waals surface area contributed by atoms with Crippen LogP contribution in [0, 0.1) is 0 Å². The molecule has 2 aromatic heterocycles. The topological polar surface area (TPSA) is 95.2 Å². The Kier molecular flexibility index (Phi) is 6.70. The molecule has 38 heavy (non-hydrogen) atoms. The van der Waals surface area contributed by atoms with Crippen LogP contribution in [0.15, 0.2) is 67.0 Å². The van der Waals surface area contributed by atoms with Gasteiger partial charge in [0, 0.05) is 31.4 Å². The fraction of sp³-hybridized carbons (Fsp3) is 0.269. The van der Waals surface area contributed by atoms with Crippen LogP contribution in [0.25, 0.3) is 5.69 Å². The average Bonchev–Trinajstić information content (AvgIpc) is 3.61. The molecule has 0 saturated carbocycles. The molecule has 2 unspecified atom stereocenters. The zero-order valence-corrected chi connectivity index (χ0v) is 20.6. The smallest absolute Gasteiger partial charge is 0.410 e. The Morgan fingerprint density at radius 3 is 2.53 bits per heavy atom. The van der Waals surface area contributed by atoms with E-state index in [9.17, 15) is 18.0 Å². The summed E-state index contributed by atoms with van der Waals surface area (Å²) in [6, 6.07) is 12.9. The molecule has 0 radical (unpaired) electrons. The first-order valence-corrected chi connectivity index (χ1v) is 11.8.